The molecule has 1 aromatic carbocycles. The molecule has 5 nitrogen and oxygen atoms in total. The molecule has 0 N–H and O–H groups in total. The number of ether oxygens (including phenoxy) is 2. The number of aromatic nitrogens is 1. The fourth-order valence-corrected chi connectivity index (χ4v) is 3.31. The number of benzene rings is 1. The number of hydrogen-bond acceptors (Lipinski definition) is 5. The average molecular weight is 401 g/mol. The second-order valence-electron chi connectivity index (χ2n) is 8.19. The summed E-state index contributed by atoms with van der Waals surface area (Å²) in [6.07, 6.45) is 7.11. The second-order valence-corrected chi connectivity index (χ2v) is 9.07. The number of thioether (sulfide) groups is 1. The van der Waals surface area contributed by atoms with E-state index in [0.29, 0.717) is 12.4 Å². The predicted octanol–water partition coefficient (Wildman–Crippen LogP) is 5.25. The first-order valence-electron chi connectivity index (χ1n) is 9.42. The van der Waals surface area contributed by atoms with Crippen molar-refractivity contribution in [2.45, 2.75) is 49.6 Å². The fraction of sp³-hybridized carbons (Fsp3) is 0.455. The summed E-state index contributed by atoms with van der Waals surface area (Å²) in [7, 11) is 1.78. The lowest BCUT2D eigenvalue weighted by atomic mass is 10.1. The van der Waals surface area contributed by atoms with E-state index in [1.807, 2.05) is 33.0 Å². The first-order valence-corrected chi connectivity index (χ1v) is 10.6. The number of hydrogen-bond donors (Lipinski definition) is 0. The monoisotopic (exact) mass is 400 g/mol. The van der Waals surface area contributed by atoms with E-state index in [0.717, 1.165) is 24.0 Å². The highest BCUT2D eigenvalue weighted by atomic mass is 32.2. The fourth-order valence-electron chi connectivity index (χ4n) is 2.90. The van der Waals surface area contributed by atoms with Crippen LogP contribution in [-0.2, 0) is 4.74 Å². The molecule has 0 saturated heterocycles. The van der Waals surface area contributed by atoms with E-state index in [1.165, 1.54) is 4.90 Å². The van der Waals surface area contributed by atoms with Crippen molar-refractivity contribution in [3.05, 3.63) is 42.7 Å². The Morgan fingerprint density at radius 2 is 1.86 bits per heavy atom. The van der Waals surface area contributed by atoms with E-state index in [2.05, 4.69) is 35.5 Å². The Labute approximate surface area is 171 Å². The quantitative estimate of drug-likeness (QED) is 0.620. The number of rotatable bonds is 6. The molecule has 1 aliphatic carbocycles. The molecule has 6 heteroatoms. The summed E-state index contributed by atoms with van der Waals surface area (Å²) >= 11 is 1.72. The van der Waals surface area contributed by atoms with Gasteiger partial charge in [0.05, 0.1) is 11.7 Å². The van der Waals surface area contributed by atoms with Crippen LogP contribution in [0.25, 0.3) is 11.1 Å². The minimum atomic E-state index is -0.508. The lowest BCUT2D eigenvalue weighted by Crippen LogP contribution is -2.45. The molecule has 150 valence electrons. The van der Waals surface area contributed by atoms with Gasteiger partial charge in [-0.1, -0.05) is 12.1 Å². The standard InChI is InChI=1S/C22H28N2O3S/c1-21(2,3)27-20(25)24(4)22(10-11-22)15-26-18-12-17(13-23-14-18)16-6-8-19(28-5)9-7-16/h6-9,12-14H,10-11,15H2,1-5H3. The van der Waals surface area contributed by atoms with Gasteiger partial charge in [-0.2, -0.15) is 0 Å². The van der Waals surface area contributed by atoms with Crippen molar-refractivity contribution in [2.75, 3.05) is 19.9 Å². The van der Waals surface area contributed by atoms with Crippen molar-refractivity contribution in [3.63, 3.8) is 0 Å². The summed E-state index contributed by atoms with van der Waals surface area (Å²) in [6.45, 7) is 6.05. The van der Waals surface area contributed by atoms with Crippen LogP contribution in [0.15, 0.2) is 47.6 Å². The molecule has 0 aliphatic heterocycles. The van der Waals surface area contributed by atoms with Crippen molar-refractivity contribution in [1.82, 2.24) is 9.88 Å². The van der Waals surface area contributed by atoms with Crippen LogP contribution in [0.5, 0.6) is 5.75 Å². The summed E-state index contributed by atoms with van der Waals surface area (Å²) in [4.78, 5) is 19.6. The maximum atomic E-state index is 12.4. The molecule has 0 unspecified atom stereocenters. The van der Waals surface area contributed by atoms with Gasteiger partial charge in [0.2, 0.25) is 0 Å². The van der Waals surface area contributed by atoms with Crippen molar-refractivity contribution >= 4 is 17.9 Å². The van der Waals surface area contributed by atoms with Gasteiger partial charge in [-0.25, -0.2) is 4.79 Å². The molecule has 1 aliphatic rings. The largest absolute Gasteiger partial charge is 0.490 e. The first kappa shape index (κ1) is 20.5. The normalized spacial score (nSPS) is 15.0. The molecule has 0 atom stereocenters. The molecule has 1 amide bonds. The Morgan fingerprint density at radius 3 is 2.43 bits per heavy atom. The number of likely N-dealkylation sites (N-methyl/N-ethyl adjacent to an activating group) is 1. The minimum absolute atomic E-state index is 0.293. The van der Waals surface area contributed by atoms with Crippen LogP contribution in [0.4, 0.5) is 4.79 Å². The summed E-state index contributed by atoms with van der Waals surface area (Å²) < 4.78 is 11.5. The molecular weight excluding hydrogens is 372 g/mol. The third-order valence-electron chi connectivity index (χ3n) is 4.85. The number of carbonyl (C=O) groups is 1. The number of carbonyl (C=O) groups excluding carboxylic acids is 1. The molecule has 28 heavy (non-hydrogen) atoms. The molecule has 1 fully saturated rings. The van der Waals surface area contributed by atoms with Gasteiger partial charge in [0.25, 0.3) is 0 Å². The summed E-state index contributed by atoms with van der Waals surface area (Å²) in [6, 6.07) is 10.4. The van der Waals surface area contributed by atoms with E-state index >= 15 is 0 Å². The highest BCUT2D eigenvalue weighted by Crippen LogP contribution is 2.42. The van der Waals surface area contributed by atoms with E-state index < -0.39 is 5.60 Å². The minimum Gasteiger partial charge on any atom is -0.490 e. The Morgan fingerprint density at radius 1 is 1.18 bits per heavy atom. The van der Waals surface area contributed by atoms with Crippen LogP contribution in [0, 0.1) is 0 Å². The number of pyridine rings is 1. The highest BCUT2D eigenvalue weighted by Gasteiger charge is 2.50. The highest BCUT2D eigenvalue weighted by molar-refractivity contribution is 7.98. The summed E-state index contributed by atoms with van der Waals surface area (Å²) in [5.74, 6) is 0.704. The maximum absolute atomic E-state index is 12.4. The molecular formula is C22H28N2O3S. The lowest BCUT2D eigenvalue weighted by molar-refractivity contribution is 0.0139. The van der Waals surface area contributed by atoms with E-state index in [-0.39, 0.29) is 11.6 Å². The Balaban J connectivity index is 1.65. The number of amides is 1. The Bertz CT molecular complexity index is 826. The van der Waals surface area contributed by atoms with E-state index in [4.69, 9.17) is 9.47 Å². The van der Waals surface area contributed by atoms with Crippen LogP contribution in [0.3, 0.4) is 0 Å². The van der Waals surface area contributed by atoms with Crippen LogP contribution in [-0.4, -0.2) is 47.0 Å². The van der Waals surface area contributed by atoms with Crippen LogP contribution in [0.1, 0.15) is 33.6 Å². The molecule has 0 spiro atoms. The van der Waals surface area contributed by atoms with Gasteiger partial charge in [-0.05, 0) is 63.6 Å². The van der Waals surface area contributed by atoms with Crippen LogP contribution < -0.4 is 4.74 Å². The zero-order chi connectivity index (χ0) is 20.4. The molecule has 1 saturated carbocycles. The first-order chi connectivity index (χ1) is 13.2. The zero-order valence-corrected chi connectivity index (χ0v) is 18.0. The van der Waals surface area contributed by atoms with Gasteiger partial charge in [-0.3, -0.25) is 4.98 Å². The molecule has 2 aromatic rings. The van der Waals surface area contributed by atoms with Crippen molar-refractivity contribution in [2.24, 2.45) is 0 Å². The average Bonchev–Trinajstić information content (AvgIpc) is 3.46. The summed E-state index contributed by atoms with van der Waals surface area (Å²) in [5, 5.41) is 0. The van der Waals surface area contributed by atoms with Gasteiger partial charge in [0.1, 0.15) is 18.0 Å². The topological polar surface area (TPSA) is 51.7 Å². The zero-order valence-electron chi connectivity index (χ0n) is 17.2. The lowest BCUT2D eigenvalue weighted by Gasteiger charge is -2.30. The Kier molecular flexibility index (Phi) is 5.89. The predicted molar refractivity (Wildman–Crippen MR) is 113 cm³/mol. The van der Waals surface area contributed by atoms with Gasteiger partial charge in [0.15, 0.2) is 0 Å². The second kappa shape index (κ2) is 8.03. The molecule has 0 radical (unpaired) electrons. The van der Waals surface area contributed by atoms with E-state index in [9.17, 15) is 4.79 Å². The van der Waals surface area contributed by atoms with Crippen molar-refractivity contribution in [3.8, 4) is 16.9 Å². The third kappa shape index (κ3) is 4.98. The molecule has 0 bridgehead atoms. The van der Waals surface area contributed by atoms with Crippen LogP contribution >= 0.6 is 11.8 Å². The number of nitrogens with zero attached hydrogens (tertiary/aromatic N) is 2. The van der Waals surface area contributed by atoms with Crippen molar-refractivity contribution in [1.29, 1.82) is 0 Å². The van der Waals surface area contributed by atoms with Gasteiger partial charge >= 0.3 is 6.09 Å². The van der Waals surface area contributed by atoms with Gasteiger partial charge in [-0.15, -0.1) is 11.8 Å². The Hall–Kier alpha value is -2.21. The SMILES string of the molecule is CSc1ccc(-c2cncc(OCC3(N(C)C(=O)OC(C)(C)C)CC3)c2)cc1. The van der Waals surface area contributed by atoms with Gasteiger partial charge < -0.3 is 14.4 Å². The molecule has 1 aromatic heterocycles. The molecule has 1 heterocycles. The molecule has 3 rings (SSSR count). The van der Waals surface area contributed by atoms with Crippen molar-refractivity contribution < 1.29 is 14.3 Å². The third-order valence-corrected chi connectivity index (χ3v) is 5.59. The summed E-state index contributed by atoms with van der Waals surface area (Å²) in [5.41, 5.74) is 1.31. The maximum Gasteiger partial charge on any atom is 0.410 e. The van der Waals surface area contributed by atoms with E-state index in [1.54, 1.807) is 29.9 Å². The van der Waals surface area contributed by atoms with Gasteiger partial charge in [0, 0.05) is 23.7 Å². The van der Waals surface area contributed by atoms with Crippen LogP contribution in [0.2, 0.25) is 0 Å². The smallest absolute Gasteiger partial charge is 0.410 e.